The van der Waals surface area contributed by atoms with Crippen molar-refractivity contribution in [3.8, 4) is 0 Å². The van der Waals surface area contributed by atoms with Crippen LogP contribution in [0.1, 0.15) is 30.9 Å². The first-order valence-electron chi connectivity index (χ1n) is 15.0. The number of carbonyl (C=O) groups is 1. The Morgan fingerprint density at radius 3 is 2.60 bits per heavy atom. The van der Waals surface area contributed by atoms with Crippen LogP contribution in [0.2, 0.25) is 0 Å². The molecule has 3 aliphatic rings. The molecule has 3 saturated heterocycles. The number of rotatable bonds is 9. The highest BCUT2D eigenvalue weighted by Gasteiger charge is 2.35. The average Bonchev–Trinajstić information content (AvgIpc) is 3.47. The number of methoxy groups -OCH3 is 1. The van der Waals surface area contributed by atoms with E-state index in [4.69, 9.17) is 4.74 Å². The smallest absolute Gasteiger partial charge is 0.282 e. The number of amides is 1. The molecular weight excluding hydrogens is 604 g/mol. The van der Waals surface area contributed by atoms with Gasteiger partial charge in [-0.15, -0.1) is 0 Å². The Morgan fingerprint density at radius 2 is 1.89 bits per heavy atom. The van der Waals surface area contributed by atoms with Crippen molar-refractivity contribution >= 4 is 49.8 Å². The molecule has 11 nitrogen and oxygen atoms in total. The van der Waals surface area contributed by atoms with Crippen molar-refractivity contribution in [2.24, 2.45) is 5.92 Å². The van der Waals surface area contributed by atoms with Gasteiger partial charge in [-0.25, -0.2) is 27.2 Å². The Kier molecular flexibility index (Phi) is 8.61. The lowest BCUT2D eigenvalue weighted by Gasteiger charge is -2.41. The quantitative estimate of drug-likeness (QED) is 0.344. The van der Waals surface area contributed by atoms with E-state index in [0.717, 1.165) is 28.4 Å². The average molecular weight is 642 g/mol. The number of likely N-dealkylation sites (tertiary alicyclic amines) is 1. The number of nitrogens with zero attached hydrogens (tertiary/aromatic N) is 6. The van der Waals surface area contributed by atoms with Crippen molar-refractivity contribution in [3.63, 3.8) is 0 Å². The van der Waals surface area contributed by atoms with Gasteiger partial charge in [0.15, 0.2) is 5.83 Å². The Hall–Kier alpha value is -3.91. The van der Waals surface area contributed by atoms with Crippen LogP contribution in [0.3, 0.4) is 0 Å². The summed E-state index contributed by atoms with van der Waals surface area (Å²) in [7, 11) is -1.57. The van der Waals surface area contributed by atoms with Crippen molar-refractivity contribution in [1.82, 2.24) is 19.9 Å². The highest BCUT2D eigenvalue weighted by Crippen LogP contribution is 2.41. The monoisotopic (exact) mass is 641 g/mol. The summed E-state index contributed by atoms with van der Waals surface area (Å²) in [6, 6.07) is 7.17. The minimum Gasteiger partial charge on any atom is -0.378 e. The van der Waals surface area contributed by atoms with E-state index in [1.54, 1.807) is 23.4 Å². The summed E-state index contributed by atoms with van der Waals surface area (Å²) in [4.78, 5) is 31.8. The molecule has 1 amide bonds. The van der Waals surface area contributed by atoms with Gasteiger partial charge < -0.3 is 24.8 Å². The topological polar surface area (TPSA) is 121 Å². The maximum Gasteiger partial charge on any atom is 0.282 e. The lowest BCUT2D eigenvalue weighted by molar-refractivity contribution is -0.129. The van der Waals surface area contributed by atoms with E-state index in [0.29, 0.717) is 56.6 Å². The number of ether oxygens (including phenoxy) is 1. The molecule has 14 heteroatoms. The van der Waals surface area contributed by atoms with Gasteiger partial charge >= 0.3 is 0 Å². The molecule has 0 saturated carbocycles. The van der Waals surface area contributed by atoms with E-state index in [1.165, 1.54) is 18.3 Å². The first-order chi connectivity index (χ1) is 21.5. The zero-order chi connectivity index (χ0) is 31.9. The summed E-state index contributed by atoms with van der Waals surface area (Å²) in [5, 5.41) is 4.92. The molecule has 45 heavy (non-hydrogen) atoms. The largest absolute Gasteiger partial charge is 0.378 e. The maximum atomic E-state index is 14.6. The number of pyridine rings is 1. The number of hydrogen-bond acceptors (Lipinski definition) is 10. The van der Waals surface area contributed by atoms with Gasteiger partial charge in [-0.2, -0.15) is 4.98 Å². The minimum atomic E-state index is -3.08. The molecule has 1 aromatic carbocycles. The molecule has 3 aromatic rings. The number of hydrogen-bond donors (Lipinski definition) is 1. The van der Waals surface area contributed by atoms with Crippen molar-refractivity contribution < 1.29 is 26.7 Å². The number of halogens is 2. The normalized spacial score (nSPS) is 22.5. The van der Waals surface area contributed by atoms with E-state index in [9.17, 15) is 22.0 Å². The Balaban J connectivity index is 1.31. The molecule has 3 fully saturated rings. The number of nitrogens with one attached hydrogen (secondary N) is 1. The fourth-order valence-corrected chi connectivity index (χ4v) is 7.77. The van der Waals surface area contributed by atoms with Crippen molar-refractivity contribution in [1.29, 1.82) is 0 Å². The second-order valence-corrected chi connectivity index (χ2v) is 14.3. The first kappa shape index (κ1) is 31.1. The fourth-order valence-electron chi connectivity index (χ4n) is 6.70. The molecular formula is C31H37F2N7O4S. The van der Waals surface area contributed by atoms with Crippen LogP contribution in [0.15, 0.2) is 49.1 Å². The molecule has 1 N–H and O–H groups in total. The number of anilines is 4. The van der Waals surface area contributed by atoms with Crippen LogP contribution in [-0.2, 0) is 19.4 Å². The van der Waals surface area contributed by atoms with E-state index >= 15 is 0 Å². The van der Waals surface area contributed by atoms with Crippen LogP contribution in [0.25, 0.3) is 10.8 Å². The number of carbonyl (C=O) groups excluding carboxylic acids is 1. The summed E-state index contributed by atoms with van der Waals surface area (Å²) in [5.41, 5.74) is 1.77. The third kappa shape index (κ3) is 6.57. The van der Waals surface area contributed by atoms with Gasteiger partial charge in [0.05, 0.1) is 24.4 Å². The number of sulfone groups is 1. The molecule has 6 rings (SSSR count). The van der Waals surface area contributed by atoms with E-state index in [2.05, 4.69) is 31.7 Å². The third-order valence-electron chi connectivity index (χ3n) is 8.82. The number of benzene rings is 1. The van der Waals surface area contributed by atoms with Crippen LogP contribution < -0.4 is 15.1 Å². The summed E-state index contributed by atoms with van der Waals surface area (Å²) < 4.78 is 57.4. The second-order valence-electron chi connectivity index (χ2n) is 12.1. The van der Waals surface area contributed by atoms with Gasteiger partial charge in [0.25, 0.3) is 5.91 Å². The number of fused-ring (bicyclic) bond motifs is 1. The Morgan fingerprint density at radius 1 is 1.09 bits per heavy atom. The molecule has 0 radical (unpaired) electrons. The Bertz CT molecular complexity index is 1720. The van der Waals surface area contributed by atoms with Crippen molar-refractivity contribution in [3.05, 3.63) is 54.6 Å². The van der Waals surface area contributed by atoms with Crippen LogP contribution >= 0.6 is 0 Å². The molecule has 0 aliphatic carbocycles. The Labute approximate surface area is 261 Å². The molecule has 2 aromatic heterocycles. The SMILES string of the molecule is C=C(F)C(=O)N1CCC[C@H]1c1ccc(N2CC(CS(C)(=O)=O)C2)c2cnc(Nc3ccnc(N4CC[C@@H](OC)[C@@H](F)C4)n3)cc12. The van der Waals surface area contributed by atoms with Gasteiger partial charge in [0.1, 0.15) is 27.6 Å². The predicted molar refractivity (Wildman–Crippen MR) is 169 cm³/mol. The fraction of sp³-hybridized carbons (Fsp3) is 0.484. The standard InChI is InChI=1S/C31H37F2N7O4S/c1-19(32)30(41)40-11-4-5-26(40)21-6-7-25(39-15-20(16-39)18-45(3,42)43)23-14-35-29(13-22(21)23)36-28-8-10-34-31(37-28)38-12-9-27(44-2)24(33)17-38/h6-8,10,13-14,20,24,26-27H,1,4-5,9,11-12,15-18H2,2-3H3,(H,34,35,36,37)/t24-,26-,27+/m0/s1. The summed E-state index contributed by atoms with van der Waals surface area (Å²) in [6.45, 7) is 5.54. The molecule has 0 spiro atoms. The lowest BCUT2D eigenvalue weighted by atomic mass is 9.94. The second kappa shape index (κ2) is 12.5. The number of piperidine rings is 1. The van der Waals surface area contributed by atoms with Gasteiger partial charge in [0, 0.05) is 68.9 Å². The van der Waals surface area contributed by atoms with Crippen LogP contribution in [0.4, 0.5) is 32.1 Å². The molecule has 240 valence electrons. The molecule has 5 heterocycles. The minimum absolute atomic E-state index is 0.0436. The zero-order valence-corrected chi connectivity index (χ0v) is 26.1. The van der Waals surface area contributed by atoms with Gasteiger partial charge in [0.2, 0.25) is 5.95 Å². The molecule has 0 unspecified atom stereocenters. The van der Waals surface area contributed by atoms with E-state index in [1.807, 2.05) is 18.2 Å². The van der Waals surface area contributed by atoms with E-state index in [-0.39, 0.29) is 24.3 Å². The highest BCUT2D eigenvalue weighted by atomic mass is 32.2. The van der Waals surface area contributed by atoms with Crippen molar-refractivity contribution in [2.75, 3.05) is 67.0 Å². The van der Waals surface area contributed by atoms with Crippen molar-refractivity contribution in [2.45, 2.75) is 37.6 Å². The van der Waals surface area contributed by atoms with E-state index < -0.39 is 33.8 Å². The molecule has 0 bridgehead atoms. The number of aromatic nitrogens is 3. The third-order valence-corrected chi connectivity index (χ3v) is 9.90. The van der Waals surface area contributed by atoms with Crippen LogP contribution in [0, 0.1) is 5.92 Å². The maximum absolute atomic E-state index is 14.6. The summed E-state index contributed by atoms with van der Waals surface area (Å²) >= 11 is 0. The summed E-state index contributed by atoms with van der Waals surface area (Å²) in [6.07, 6.45) is 4.94. The van der Waals surface area contributed by atoms with Gasteiger partial charge in [-0.05, 0) is 48.4 Å². The lowest BCUT2D eigenvalue weighted by Crippen LogP contribution is -2.49. The first-order valence-corrected chi connectivity index (χ1v) is 17.1. The molecule has 3 atom stereocenters. The molecule has 3 aliphatic heterocycles. The zero-order valence-electron chi connectivity index (χ0n) is 25.3. The highest BCUT2D eigenvalue weighted by molar-refractivity contribution is 7.90. The van der Waals surface area contributed by atoms with Crippen LogP contribution in [-0.4, -0.2) is 98.3 Å². The summed E-state index contributed by atoms with van der Waals surface area (Å²) in [5.74, 6) is -0.157. The predicted octanol–water partition coefficient (Wildman–Crippen LogP) is 3.96. The van der Waals surface area contributed by atoms with Crippen LogP contribution in [0.5, 0.6) is 0 Å². The van der Waals surface area contributed by atoms with Gasteiger partial charge in [-0.3, -0.25) is 4.79 Å². The van der Waals surface area contributed by atoms with Gasteiger partial charge in [-0.1, -0.05) is 12.6 Å². The number of alkyl halides is 1.